The number of alkyl halides is 3. The van der Waals surface area contributed by atoms with Gasteiger partial charge in [0.05, 0.1) is 11.6 Å². The Morgan fingerprint density at radius 1 is 1.19 bits per heavy atom. The molecule has 27 heavy (non-hydrogen) atoms. The van der Waals surface area contributed by atoms with Crippen molar-refractivity contribution in [3.05, 3.63) is 35.4 Å². The van der Waals surface area contributed by atoms with E-state index in [0.29, 0.717) is 5.56 Å². The number of piperidine rings is 1. The smallest absolute Gasteiger partial charge is 0.348 e. The van der Waals surface area contributed by atoms with Gasteiger partial charge in [0.25, 0.3) is 0 Å². The van der Waals surface area contributed by atoms with Gasteiger partial charge in [-0.3, -0.25) is 10.2 Å². The van der Waals surface area contributed by atoms with E-state index >= 15 is 0 Å². The largest absolute Gasteiger partial charge is 0.416 e. The van der Waals surface area contributed by atoms with E-state index in [2.05, 4.69) is 21.5 Å². The summed E-state index contributed by atoms with van der Waals surface area (Å²) < 4.78 is 38.3. The molecule has 0 spiro atoms. The third-order valence-corrected chi connectivity index (χ3v) is 5.23. The first-order chi connectivity index (χ1) is 12.3. The van der Waals surface area contributed by atoms with E-state index in [4.69, 9.17) is 0 Å². The normalized spacial score (nSPS) is 26.2. The SMILES string of the molecule is CC(C)C(NC(=O)C1NNC2CCNCC21)c1ccc(C(F)(F)F)cc1.Cl. The summed E-state index contributed by atoms with van der Waals surface area (Å²) >= 11 is 0. The van der Waals surface area contributed by atoms with E-state index in [9.17, 15) is 18.0 Å². The first kappa shape index (κ1) is 21.9. The number of carbonyl (C=O) groups excluding carboxylic acids is 1. The zero-order valence-electron chi connectivity index (χ0n) is 15.3. The van der Waals surface area contributed by atoms with Crippen LogP contribution in [0.15, 0.2) is 24.3 Å². The Bertz CT molecular complexity index is 638. The number of carbonyl (C=O) groups is 1. The van der Waals surface area contributed by atoms with Crippen LogP contribution in [0.1, 0.15) is 37.4 Å². The molecular formula is C18H26ClF3N4O. The maximum atomic E-state index is 12.8. The highest BCUT2D eigenvalue weighted by molar-refractivity contribution is 5.85. The van der Waals surface area contributed by atoms with E-state index in [1.807, 2.05) is 13.8 Å². The van der Waals surface area contributed by atoms with E-state index in [-0.39, 0.29) is 48.3 Å². The van der Waals surface area contributed by atoms with Crippen molar-refractivity contribution in [1.29, 1.82) is 0 Å². The van der Waals surface area contributed by atoms with Crippen molar-refractivity contribution >= 4 is 18.3 Å². The molecule has 2 heterocycles. The number of benzene rings is 1. The average Bonchev–Trinajstić information content (AvgIpc) is 3.03. The molecule has 0 radical (unpaired) electrons. The van der Waals surface area contributed by atoms with Gasteiger partial charge in [0.2, 0.25) is 5.91 Å². The van der Waals surface area contributed by atoms with Crippen LogP contribution in [0.5, 0.6) is 0 Å². The Kier molecular flexibility index (Phi) is 7.13. The highest BCUT2D eigenvalue weighted by atomic mass is 35.5. The molecule has 2 saturated heterocycles. The highest BCUT2D eigenvalue weighted by Gasteiger charge is 2.41. The van der Waals surface area contributed by atoms with E-state index in [0.717, 1.165) is 31.6 Å². The molecule has 1 amide bonds. The molecule has 0 saturated carbocycles. The van der Waals surface area contributed by atoms with Crippen molar-refractivity contribution in [1.82, 2.24) is 21.5 Å². The molecule has 4 N–H and O–H groups in total. The number of hydrazine groups is 1. The molecule has 152 valence electrons. The summed E-state index contributed by atoms with van der Waals surface area (Å²) in [4.78, 5) is 12.8. The van der Waals surface area contributed by atoms with E-state index < -0.39 is 11.7 Å². The number of fused-ring (bicyclic) bond motifs is 1. The van der Waals surface area contributed by atoms with Crippen LogP contribution in [0.4, 0.5) is 13.2 Å². The summed E-state index contributed by atoms with van der Waals surface area (Å²) in [6, 6.07) is 4.57. The van der Waals surface area contributed by atoms with E-state index in [1.165, 1.54) is 12.1 Å². The van der Waals surface area contributed by atoms with Gasteiger partial charge in [0.1, 0.15) is 6.04 Å². The van der Waals surface area contributed by atoms with Crippen LogP contribution < -0.4 is 21.5 Å². The first-order valence-corrected chi connectivity index (χ1v) is 8.96. The van der Waals surface area contributed by atoms with Crippen molar-refractivity contribution < 1.29 is 18.0 Å². The molecule has 2 aliphatic heterocycles. The Balaban J connectivity index is 0.00000261. The zero-order valence-corrected chi connectivity index (χ0v) is 16.1. The minimum atomic E-state index is -4.36. The first-order valence-electron chi connectivity index (χ1n) is 8.96. The van der Waals surface area contributed by atoms with Gasteiger partial charge < -0.3 is 10.6 Å². The van der Waals surface area contributed by atoms with Gasteiger partial charge >= 0.3 is 6.18 Å². The Hall–Kier alpha value is -1.35. The molecule has 1 aromatic carbocycles. The van der Waals surface area contributed by atoms with Crippen molar-refractivity contribution in [2.24, 2.45) is 11.8 Å². The summed E-state index contributed by atoms with van der Waals surface area (Å²) in [7, 11) is 0. The lowest BCUT2D eigenvalue weighted by atomic mass is 9.88. The summed E-state index contributed by atoms with van der Waals surface area (Å²) in [5.41, 5.74) is 6.24. The maximum Gasteiger partial charge on any atom is 0.416 e. The Labute approximate surface area is 163 Å². The van der Waals surface area contributed by atoms with Crippen LogP contribution in [0, 0.1) is 11.8 Å². The molecule has 0 aromatic heterocycles. The van der Waals surface area contributed by atoms with Crippen LogP contribution >= 0.6 is 12.4 Å². The third kappa shape index (κ3) is 4.93. The number of hydrogen-bond donors (Lipinski definition) is 4. The third-order valence-electron chi connectivity index (χ3n) is 5.23. The summed E-state index contributed by atoms with van der Waals surface area (Å²) in [5.74, 6) is 0.0711. The molecule has 2 aliphatic rings. The monoisotopic (exact) mass is 406 g/mol. The Morgan fingerprint density at radius 3 is 2.44 bits per heavy atom. The fourth-order valence-electron chi connectivity index (χ4n) is 3.73. The fourth-order valence-corrected chi connectivity index (χ4v) is 3.73. The highest BCUT2D eigenvalue weighted by Crippen LogP contribution is 2.31. The predicted molar refractivity (Wildman–Crippen MR) is 99.2 cm³/mol. The number of nitrogens with one attached hydrogen (secondary N) is 4. The van der Waals surface area contributed by atoms with Crippen LogP contribution in [-0.4, -0.2) is 31.1 Å². The second-order valence-corrected chi connectivity index (χ2v) is 7.38. The second-order valence-electron chi connectivity index (χ2n) is 7.38. The van der Waals surface area contributed by atoms with Gasteiger partial charge in [0, 0.05) is 18.5 Å². The van der Waals surface area contributed by atoms with Gasteiger partial charge in [-0.25, -0.2) is 5.43 Å². The van der Waals surface area contributed by atoms with Crippen molar-refractivity contribution in [2.45, 2.75) is 44.6 Å². The molecule has 1 aromatic rings. The molecule has 9 heteroatoms. The molecule has 2 fully saturated rings. The number of hydrogen-bond acceptors (Lipinski definition) is 4. The number of rotatable bonds is 4. The molecule has 0 bridgehead atoms. The van der Waals surface area contributed by atoms with Crippen molar-refractivity contribution in [2.75, 3.05) is 13.1 Å². The minimum Gasteiger partial charge on any atom is -0.348 e. The zero-order chi connectivity index (χ0) is 18.9. The van der Waals surface area contributed by atoms with Gasteiger partial charge in [-0.1, -0.05) is 26.0 Å². The quantitative estimate of drug-likeness (QED) is 0.620. The van der Waals surface area contributed by atoms with Crippen LogP contribution in [-0.2, 0) is 11.0 Å². The summed E-state index contributed by atoms with van der Waals surface area (Å²) in [6.07, 6.45) is -3.41. The minimum absolute atomic E-state index is 0. The molecule has 4 atom stereocenters. The molecule has 3 rings (SSSR count). The van der Waals surface area contributed by atoms with E-state index in [1.54, 1.807) is 0 Å². The topological polar surface area (TPSA) is 65.2 Å². The van der Waals surface area contributed by atoms with Gasteiger partial charge in [-0.15, -0.1) is 12.4 Å². The molecule has 5 nitrogen and oxygen atoms in total. The van der Waals surface area contributed by atoms with Crippen LogP contribution in [0.2, 0.25) is 0 Å². The number of halogens is 4. The predicted octanol–water partition coefficient (Wildman–Crippen LogP) is 2.40. The molecule has 0 aliphatic carbocycles. The fraction of sp³-hybridized carbons (Fsp3) is 0.611. The molecular weight excluding hydrogens is 381 g/mol. The second kappa shape index (κ2) is 8.77. The summed E-state index contributed by atoms with van der Waals surface area (Å²) in [5, 5.41) is 6.32. The lowest BCUT2D eigenvalue weighted by Gasteiger charge is -2.29. The standard InChI is InChI=1S/C18H25F3N4O.ClH/c1-10(2)15(11-3-5-12(6-4-11)18(19,20)21)23-17(26)16-13-9-22-8-7-14(13)24-25-16;/h3-6,10,13-16,22,24-25H,7-9H2,1-2H3,(H,23,26);1H. The molecule has 4 unspecified atom stereocenters. The lowest BCUT2D eigenvalue weighted by molar-refractivity contribution is -0.137. The van der Waals surface area contributed by atoms with Crippen LogP contribution in [0.25, 0.3) is 0 Å². The van der Waals surface area contributed by atoms with Crippen molar-refractivity contribution in [3.63, 3.8) is 0 Å². The lowest BCUT2D eigenvalue weighted by Crippen LogP contribution is -2.50. The Morgan fingerprint density at radius 2 is 1.85 bits per heavy atom. The maximum absolute atomic E-state index is 12.8. The van der Waals surface area contributed by atoms with Gasteiger partial charge in [-0.05, 0) is 36.6 Å². The average molecular weight is 407 g/mol. The van der Waals surface area contributed by atoms with Gasteiger partial charge in [0.15, 0.2) is 0 Å². The van der Waals surface area contributed by atoms with Gasteiger partial charge in [-0.2, -0.15) is 13.2 Å². The summed E-state index contributed by atoms with van der Waals surface area (Å²) in [6.45, 7) is 5.56. The van der Waals surface area contributed by atoms with Crippen LogP contribution in [0.3, 0.4) is 0 Å². The van der Waals surface area contributed by atoms with Crippen molar-refractivity contribution in [3.8, 4) is 0 Å². The number of amides is 1.